The number of hydrogen-bond donors (Lipinski definition) is 1. The number of benzene rings is 1. The maximum Gasteiger partial charge on any atom is 0.0992 e. The minimum atomic E-state index is 0.726. The van der Waals surface area contributed by atoms with Crippen LogP contribution in [0.4, 0.5) is 5.69 Å². The van der Waals surface area contributed by atoms with Crippen molar-refractivity contribution < 1.29 is 0 Å². The maximum absolute atomic E-state index is 8.84. The number of nitrogens with zero attached hydrogens (tertiary/aromatic N) is 2. The predicted octanol–water partition coefficient (Wildman–Crippen LogP) is 3.48. The molecular weight excluding hydrogens is 228 g/mol. The van der Waals surface area contributed by atoms with E-state index in [1.54, 1.807) is 0 Å². The number of hydrogen-bond acceptors (Lipinski definition) is 3. The first-order valence-electron chi connectivity index (χ1n) is 6.10. The Morgan fingerprint density at radius 1 is 1.24 bits per heavy atom. The summed E-state index contributed by atoms with van der Waals surface area (Å²) in [7, 11) is 2.08. The molecule has 0 unspecified atom stereocenters. The van der Waals surface area contributed by atoms with Gasteiger partial charge >= 0.3 is 0 Å². The van der Waals surface area contributed by atoms with Crippen molar-refractivity contribution >= 4 is 18.3 Å². The molecule has 0 spiro atoms. The molecule has 0 saturated heterocycles. The standard InChI is InChI=1S/C14H20N2S/c1-16(9-4-2-3-5-10-17)14-8-6-7-13(11-14)12-15/h6-8,11,17H,2-5,9-10H2,1H3. The van der Waals surface area contributed by atoms with E-state index in [0.29, 0.717) is 0 Å². The molecular formula is C14H20N2S. The van der Waals surface area contributed by atoms with E-state index >= 15 is 0 Å². The maximum atomic E-state index is 8.84. The Kier molecular flexibility index (Phi) is 6.57. The second kappa shape index (κ2) is 8.03. The van der Waals surface area contributed by atoms with Crippen LogP contribution in [0.5, 0.6) is 0 Å². The summed E-state index contributed by atoms with van der Waals surface area (Å²) >= 11 is 4.20. The summed E-state index contributed by atoms with van der Waals surface area (Å²) in [6.45, 7) is 1.04. The van der Waals surface area contributed by atoms with E-state index in [1.165, 1.54) is 25.7 Å². The van der Waals surface area contributed by atoms with Gasteiger partial charge in [0.15, 0.2) is 0 Å². The molecule has 1 aromatic rings. The van der Waals surface area contributed by atoms with Crippen molar-refractivity contribution in [3.63, 3.8) is 0 Å². The van der Waals surface area contributed by atoms with E-state index in [2.05, 4.69) is 36.7 Å². The van der Waals surface area contributed by atoms with Crippen LogP contribution in [-0.2, 0) is 0 Å². The van der Waals surface area contributed by atoms with E-state index in [-0.39, 0.29) is 0 Å². The molecule has 1 aromatic carbocycles. The van der Waals surface area contributed by atoms with Gasteiger partial charge in [-0.05, 0) is 36.8 Å². The van der Waals surface area contributed by atoms with Crippen LogP contribution in [0.3, 0.4) is 0 Å². The molecule has 0 aliphatic carbocycles. The van der Waals surface area contributed by atoms with Crippen molar-refractivity contribution in [2.75, 3.05) is 24.2 Å². The van der Waals surface area contributed by atoms with E-state index in [0.717, 1.165) is 23.5 Å². The fourth-order valence-electron chi connectivity index (χ4n) is 1.76. The molecule has 3 heteroatoms. The first-order valence-corrected chi connectivity index (χ1v) is 6.73. The van der Waals surface area contributed by atoms with Gasteiger partial charge in [0.1, 0.15) is 0 Å². The van der Waals surface area contributed by atoms with Gasteiger partial charge in [-0.2, -0.15) is 17.9 Å². The van der Waals surface area contributed by atoms with E-state index in [4.69, 9.17) is 5.26 Å². The van der Waals surface area contributed by atoms with Gasteiger partial charge in [-0.15, -0.1) is 0 Å². The molecule has 0 heterocycles. The summed E-state index contributed by atoms with van der Waals surface area (Å²) in [5.74, 6) is 0.986. The molecule has 0 aliphatic heterocycles. The van der Waals surface area contributed by atoms with Gasteiger partial charge in [0.25, 0.3) is 0 Å². The zero-order chi connectivity index (χ0) is 12.5. The second-order valence-electron chi connectivity index (χ2n) is 4.22. The van der Waals surface area contributed by atoms with Crippen molar-refractivity contribution in [1.29, 1.82) is 5.26 Å². The Hall–Kier alpha value is -1.14. The molecule has 0 aromatic heterocycles. The van der Waals surface area contributed by atoms with Crippen LogP contribution in [0.1, 0.15) is 31.2 Å². The zero-order valence-electron chi connectivity index (χ0n) is 10.4. The lowest BCUT2D eigenvalue weighted by Gasteiger charge is -2.19. The smallest absolute Gasteiger partial charge is 0.0992 e. The van der Waals surface area contributed by atoms with Gasteiger partial charge in [0.05, 0.1) is 11.6 Å². The summed E-state index contributed by atoms with van der Waals surface area (Å²) in [5.41, 5.74) is 1.85. The van der Waals surface area contributed by atoms with E-state index in [1.807, 2.05) is 18.2 Å². The first kappa shape index (κ1) is 13.9. The molecule has 0 atom stereocenters. The highest BCUT2D eigenvalue weighted by molar-refractivity contribution is 7.80. The average molecular weight is 248 g/mol. The number of unbranched alkanes of at least 4 members (excludes halogenated alkanes) is 3. The van der Waals surface area contributed by atoms with Crippen LogP contribution < -0.4 is 4.90 Å². The van der Waals surface area contributed by atoms with Crippen molar-refractivity contribution in [3.8, 4) is 6.07 Å². The number of anilines is 1. The first-order chi connectivity index (χ1) is 8.27. The fourth-order valence-corrected chi connectivity index (χ4v) is 1.98. The monoisotopic (exact) mass is 248 g/mol. The van der Waals surface area contributed by atoms with Crippen LogP contribution >= 0.6 is 12.6 Å². The predicted molar refractivity (Wildman–Crippen MR) is 76.7 cm³/mol. The number of rotatable bonds is 7. The van der Waals surface area contributed by atoms with Gasteiger partial charge in [0.2, 0.25) is 0 Å². The minimum Gasteiger partial charge on any atom is -0.375 e. The zero-order valence-corrected chi connectivity index (χ0v) is 11.3. The molecule has 17 heavy (non-hydrogen) atoms. The Morgan fingerprint density at radius 3 is 2.71 bits per heavy atom. The van der Waals surface area contributed by atoms with Crippen molar-refractivity contribution in [2.24, 2.45) is 0 Å². The average Bonchev–Trinajstić information content (AvgIpc) is 2.38. The highest BCUT2D eigenvalue weighted by Crippen LogP contribution is 2.15. The van der Waals surface area contributed by atoms with Crippen LogP contribution in [-0.4, -0.2) is 19.3 Å². The summed E-state index contributed by atoms with van der Waals surface area (Å²) in [6.07, 6.45) is 4.91. The SMILES string of the molecule is CN(CCCCCCS)c1cccc(C#N)c1. The lowest BCUT2D eigenvalue weighted by Crippen LogP contribution is -2.18. The van der Waals surface area contributed by atoms with Crippen LogP contribution in [0.25, 0.3) is 0 Å². The topological polar surface area (TPSA) is 27.0 Å². The summed E-state index contributed by atoms with van der Waals surface area (Å²) in [4.78, 5) is 2.21. The Balaban J connectivity index is 2.36. The van der Waals surface area contributed by atoms with Gasteiger partial charge < -0.3 is 4.90 Å². The second-order valence-corrected chi connectivity index (χ2v) is 4.67. The van der Waals surface area contributed by atoms with Crippen molar-refractivity contribution in [2.45, 2.75) is 25.7 Å². The summed E-state index contributed by atoms with van der Waals surface area (Å²) < 4.78 is 0. The molecule has 1 rings (SSSR count). The summed E-state index contributed by atoms with van der Waals surface area (Å²) in [6, 6.07) is 9.93. The molecule has 0 aliphatic rings. The largest absolute Gasteiger partial charge is 0.375 e. The minimum absolute atomic E-state index is 0.726. The molecule has 0 amide bonds. The normalized spacial score (nSPS) is 9.94. The summed E-state index contributed by atoms with van der Waals surface area (Å²) in [5, 5.41) is 8.84. The van der Waals surface area contributed by atoms with Crippen molar-refractivity contribution in [1.82, 2.24) is 0 Å². The Bertz CT molecular complexity index is 371. The molecule has 0 bridgehead atoms. The van der Waals surface area contributed by atoms with Crippen LogP contribution in [0.2, 0.25) is 0 Å². The van der Waals surface area contributed by atoms with Crippen LogP contribution in [0, 0.1) is 11.3 Å². The van der Waals surface area contributed by atoms with Gasteiger partial charge in [-0.3, -0.25) is 0 Å². The highest BCUT2D eigenvalue weighted by Gasteiger charge is 2.01. The van der Waals surface area contributed by atoms with E-state index in [9.17, 15) is 0 Å². The fraction of sp³-hybridized carbons (Fsp3) is 0.500. The number of thiol groups is 1. The molecule has 0 N–H and O–H groups in total. The Morgan fingerprint density at radius 2 is 2.00 bits per heavy atom. The third-order valence-corrected chi connectivity index (χ3v) is 3.13. The molecule has 0 fully saturated rings. The lowest BCUT2D eigenvalue weighted by molar-refractivity contribution is 0.665. The molecule has 2 nitrogen and oxygen atoms in total. The third-order valence-electron chi connectivity index (χ3n) is 2.82. The lowest BCUT2D eigenvalue weighted by atomic mass is 10.1. The quantitative estimate of drug-likeness (QED) is 0.591. The molecule has 0 radical (unpaired) electrons. The van der Waals surface area contributed by atoms with E-state index < -0.39 is 0 Å². The molecule has 0 saturated carbocycles. The van der Waals surface area contributed by atoms with Gasteiger partial charge in [-0.25, -0.2) is 0 Å². The highest BCUT2D eigenvalue weighted by atomic mass is 32.1. The number of nitriles is 1. The van der Waals surface area contributed by atoms with Gasteiger partial charge in [0, 0.05) is 19.3 Å². The van der Waals surface area contributed by atoms with Crippen molar-refractivity contribution in [3.05, 3.63) is 29.8 Å². The third kappa shape index (κ3) is 5.14. The van der Waals surface area contributed by atoms with Gasteiger partial charge in [-0.1, -0.05) is 18.9 Å². The molecule has 92 valence electrons. The van der Waals surface area contributed by atoms with Crippen LogP contribution in [0.15, 0.2) is 24.3 Å². The Labute approximate surface area is 110 Å².